The maximum Gasteiger partial charge on any atom is 0.221 e. The predicted octanol–water partition coefficient (Wildman–Crippen LogP) is 2.03. The van der Waals surface area contributed by atoms with Gasteiger partial charge in [0.25, 0.3) is 0 Å². The SMILES string of the molecule is CCC(NC(=O)CCS)c1nccs1. The van der Waals surface area contributed by atoms with Gasteiger partial charge in [0.15, 0.2) is 0 Å². The minimum atomic E-state index is 0.0436. The number of thiazole rings is 1. The Morgan fingerprint density at radius 1 is 1.79 bits per heavy atom. The van der Waals surface area contributed by atoms with Crippen LogP contribution in [-0.4, -0.2) is 16.6 Å². The van der Waals surface area contributed by atoms with Crippen molar-refractivity contribution in [1.82, 2.24) is 10.3 Å². The lowest BCUT2D eigenvalue weighted by Crippen LogP contribution is -2.28. The van der Waals surface area contributed by atoms with Crippen molar-refractivity contribution >= 4 is 29.9 Å². The number of hydrogen-bond acceptors (Lipinski definition) is 4. The van der Waals surface area contributed by atoms with Gasteiger partial charge < -0.3 is 5.32 Å². The number of aromatic nitrogens is 1. The number of nitrogens with one attached hydrogen (secondary N) is 1. The van der Waals surface area contributed by atoms with E-state index in [1.807, 2.05) is 12.3 Å². The van der Waals surface area contributed by atoms with E-state index in [0.717, 1.165) is 11.4 Å². The van der Waals surface area contributed by atoms with Crippen molar-refractivity contribution in [2.75, 3.05) is 5.75 Å². The first kappa shape index (κ1) is 11.5. The van der Waals surface area contributed by atoms with E-state index in [-0.39, 0.29) is 11.9 Å². The first-order valence-electron chi connectivity index (χ1n) is 4.57. The van der Waals surface area contributed by atoms with Crippen molar-refractivity contribution in [2.45, 2.75) is 25.8 Å². The predicted molar refractivity (Wildman–Crippen MR) is 61.8 cm³/mol. The Morgan fingerprint density at radius 2 is 2.57 bits per heavy atom. The summed E-state index contributed by atoms with van der Waals surface area (Å²) in [5.74, 6) is 0.627. The average Bonchev–Trinajstić information content (AvgIpc) is 2.67. The fraction of sp³-hybridized carbons (Fsp3) is 0.556. The fourth-order valence-electron chi connectivity index (χ4n) is 1.11. The fourth-order valence-corrected chi connectivity index (χ4v) is 2.09. The molecule has 0 saturated heterocycles. The number of nitrogens with zero attached hydrogens (tertiary/aromatic N) is 1. The molecule has 1 heterocycles. The number of hydrogen-bond donors (Lipinski definition) is 2. The topological polar surface area (TPSA) is 42.0 Å². The van der Waals surface area contributed by atoms with Crippen LogP contribution in [0.3, 0.4) is 0 Å². The zero-order valence-corrected chi connectivity index (χ0v) is 9.78. The van der Waals surface area contributed by atoms with Crippen molar-refractivity contribution in [2.24, 2.45) is 0 Å². The molecule has 0 aromatic carbocycles. The van der Waals surface area contributed by atoms with Gasteiger partial charge in [0.2, 0.25) is 5.91 Å². The Morgan fingerprint density at radius 3 is 3.07 bits per heavy atom. The van der Waals surface area contributed by atoms with Gasteiger partial charge in [0.1, 0.15) is 5.01 Å². The molecular weight excluding hydrogens is 216 g/mol. The molecule has 0 aliphatic heterocycles. The summed E-state index contributed by atoms with van der Waals surface area (Å²) in [6.45, 7) is 2.03. The smallest absolute Gasteiger partial charge is 0.221 e. The third-order valence-corrected chi connectivity index (χ3v) is 2.94. The molecule has 1 atom stereocenters. The van der Waals surface area contributed by atoms with Gasteiger partial charge in [-0.2, -0.15) is 12.6 Å². The Kier molecular flexibility index (Phi) is 4.97. The number of rotatable bonds is 5. The Labute approximate surface area is 93.3 Å². The largest absolute Gasteiger partial charge is 0.347 e. The lowest BCUT2D eigenvalue weighted by molar-refractivity contribution is -0.121. The minimum Gasteiger partial charge on any atom is -0.347 e. The molecule has 0 saturated carbocycles. The highest BCUT2D eigenvalue weighted by atomic mass is 32.1. The molecule has 0 fully saturated rings. The van der Waals surface area contributed by atoms with E-state index >= 15 is 0 Å². The summed E-state index contributed by atoms with van der Waals surface area (Å²) >= 11 is 5.58. The zero-order valence-electron chi connectivity index (χ0n) is 8.06. The van der Waals surface area contributed by atoms with E-state index in [4.69, 9.17) is 0 Å². The summed E-state index contributed by atoms with van der Waals surface area (Å²) in [6, 6.07) is 0.0578. The van der Waals surface area contributed by atoms with Gasteiger partial charge in [-0.05, 0) is 12.2 Å². The second-order valence-corrected chi connectivity index (χ2v) is 4.25. The number of carbonyl (C=O) groups excluding carboxylic acids is 1. The van der Waals surface area contributed by atoms with Crippen molar-refractivity contribution in [3.05, 3.63) is 16.6 Å². The van der Waals surface area contributed by atoms with E-state index in [1.165, 1.54) is 0 Å². The third-order valence-electron chi connectivity index (χ3n) is 1.83. The monoisotopic (exact) mass is 230 g/mol. The highest BCUT2D eigenvalue weighted by molar-refractivity contribution is 7.80. The molecule has 78 valence electrons. The van der Waals surface area contributed by atoms with Crippen molar-refractivity contribution in [1.29, 1.82) is 0 Å². The second-order valence-electron chi connectivity index (χ2n) is 2.87. The third kappa shape index (κ3) is 3.31. The summed E-state index contributed by atoms with van der Waals surface area (Å²) in [5.41, 5.74) is 0. The van der Waals surface area contributed by atoms with Gasteiger partial charge in [0, 0.05) is 18.0 Å². The summed E-state index contributed by atoms with van der Waals surface area (Å²) in [4.78, 5) is 15.5. The second kappa shape index (κ2) is 6.03. The normalized spacial score (nSPS) is 12.4. The molecule has 1 unspecified atom stereocenters. The first-order chi connectivity index (χ1) is 6.77. The summed E-state index contributed by atoms with van der Waals surface area (Å²) in [6.07, 6.45) is 3.09. The molecule has 0 aliphatic rings. The van der Waals surface area contributed by atoms with Crippen molar-refractivity contribution in [3.8, 4) is 0 Å². The lowest BCUT2D eigenvalue weighted by atomic mass is 10.2. The Balaban J connectivity index is 2.51. The summed E-state index contributed by atoms with van der Waals surface area (Å²) in [5, 5.41) is 5.82. The van der Waals surface area contributed by atoms with Gasteiger partial charge in [0.05, 0.1) is 6.04 Å². The molecule has 1 rings (SSSR count). The summed E-state index contributed by atoms with van der Waals surface area (Å²) in [7, 11) is 0. The van der Waals surface area contributed by atoms with Crippen LogP contribution in [-0.2, 0) is 4.79 Å². The van der Waals surface area contributed by atoms with Gasteiger partial charge in [-0.3, -0.25) is 4.79 Å². The average molecular weight is 230 g/mol. The Hall–Kier alpha value is -0.550. The van der Waals surface area contributed by atoms with Crippen LogP contribution < -0.4 is 5.32 Å². The van der Waals surface area contributed by atoms with Gasteiger partial charge >= 0.3 is 0 Å². The van der Waals surface area contributed by atoms with E-state index in [1.54, 1.807) is 17.5 Å². The molecule has 0 bridgehead atoms. The summed E-state index contributed by atoms with van der Waals surface area (Å²) < 4.78 is 0. The van der Waals surface area contributed by atoms with E-state index in [0.29, 0.717) is 12.2 Å². The maximum absolute atomic E-state index is 11.3. The van der Waals surface area contributed by atoms with Crippen molar-refractivity contribution in [3.63, 3.8) is 0 Å². The lowest BCUT2D eigenvalue weighted by Gasteiger charge is -2.13. The van der Waals surface area contributed by atoms with Gasteiger partial charge in [-0.25, -0.2) is 4.98 Å². The molecule has 1 aromatic rings. The molecule has 5 heteroatoms. The van der Waals surface area contributed by atoms with E-state index in [9.17, 15) is 4.79 Å². The molecular formula is C9H14N2OS2. The van der Waals surface area contributed by atoms with Crippen LogP contribution in [0.15, 0.2) is 11.6 Å². The van der Waals surface area contributed by atoms with Crippen LogP contribution in [0.2, 0.25) is 0 Å². The molecule has 1 aromatic heterocycles. The maximum atomic E-state index is 11.3. The zero-order chi connectivity index (χ0) is 10.4. The molecule has 1 N–H and O–H groups in total. The van der Waals surface area contributed by atoms with Crippen LogP contribution in [0.25, 0.3) is 0 Å². The van der Waals surface area contributed by atoms with E-state index in [2.05, 4.69) is 22.9 Å². The first-order valence-corrected chi connectivity index (χ1v) is 6.08. The number of amides is 1. The van der Waals surface area contributed by atoms with Gasteiger partial charge in [-0.1, -0.05) is 6.92 Å². The molecule has 1 amide bonds. The molecule has 0 aliphatic carbocycles. The van der Waals surface area contributed by atoms with Gasteiger partial charge in [-0.15, -0.1) is 11.3 Å². The Bertz CT molecular complexity index is 274. The number of carbonyl (C=O) groups is 1. The van der Waals surface area contributed by atoms with Crippen LogP contribution in [0.1, 0.15) is 30.8 Å². The van der Waals surface area contributed by atoms with Crippen molar-refractivity contribution < 1.29 is 4.79 Å². The van der Waals surface area contributed by atoms with E-state index < -0.39 is 0 Å². The molecule has 0 radical (unpaired) electrons. The minimum absolute atomic E-state index is 0.0436. The van der Waals surface area contributed by atoms with Crippen LogP contribution in [0.4, 0.5) is 0 Å². The number of thiol groups is 1. The molecule has 14 heavy (non-hydrogen) atoms. The molecule has 3 nitrogen and oxygen atoms in total. The van der Waals surface area contributed by atoms with Crippen LogP contribution in [0.5, 0.6) is 0 Å². The van der Waals surface area contributed by atoms with Crippen LogP contribution >= 0.6 is 24.0 Å². The highest BCUT2D eigenvalue weighted by Crippen LogP contribution is 2.18. The highest BCUT2D eigenvalue weighted by Gasteiger charge is 2.13. The van der Waals surface area contributed by atoms with Crippen LogP contribution in [0, 0.1) is 0 Å². The molecule has 0 spiro atoms. The standard InChI is InChI=1S/C9H14N2OS2/c1-2-7(9-10-4-6-14-9)11-8(12)3-5-13/h4,6-7,13H,2-3,5H2,1H3,(H,11,12). The quantitative estimate of drug-likeness (QED) is 0.760.